The SMILES string of the molecule is CC(C)(C)OC(=O)n1c([Si](C)(C)C)cc2cccc(Br)c21. The summed E-state index contributed by atoms with van der Waals surface area (Å²) in [6.07, 6.45) is -0.304. The molecule has 0 fully saturated rings. The van der Waals surface area contributed by atoms with Crippen LogP contribution in [0.3, 0.4) is 0 Å². The highest BCUT2D eigenvalue weighted by molar-refractivity contribution is 9.10. The Morgan fingerprint density at radius 3 is 2.38 bits per heavy atom. The molecule has 0 spiro atoms. The highest BCUT2D eigenvalue weighted by Gasteiger charge is 2.29. The zero-order chi connectivity index (χ0) is 16.0. The van der Waals surface area contributed by atoms with Crippen molar-refractivity contribution in [3.8, 4) is 0 Å². The number of aromatic nitrogens is 1. The van der Waals surface area contributed by atoms with Crippen molar-refractivity contribution in [1.82, 2.24) is 4.57 Å². The molecule has 0 saturated heterocycles. The molecule has 0 saturated carbocycles. The van der Waals surface area contributed by atoms with E-state index in [4.69, 9.17) is 4.74 Å². The van der Waals surface area contributed by atoms with Crippen molar-refractivity contribution < 1.29 is 9.53 Å². The molecule has 5 heteroatoms. The zero-order valence-electron chi connectivity index (χ0n) is 13.5. The van der Waals surface area contributed by atoms with Crippen LogP contribution >= 0.6 is 15.9 Å². The third-order valence-electron chi connectivity index (χ3n) is 3.12. The number of nitrogens with zero attached hydrogens (tertiary/aromatic N) is 1. The lowest BCUT2D eigenvalue weighted by Gasteiger charge is -2.24. The maximum Gasteiger partial charge on any atom is 0.418 e. The molecular formula is C16H22BrNO2Si. The Morgan fingerprint density at radius 1 is 1.24 bits per heavy atom. The first kappa shape index (κ1) is 16.3. The van der Waals surface area contributed by atoms with Crippen molar-refractivity contribution in [2.75, 3.05) is 0 Å². The first-order valence-corrected chi connectivity index (χ1v) is 11.3. The van der Waals surface area contributed by atoms with E-state index in [-0.39, 0.29) is 6.09 Å². The molecule has 0 aliphatic carbocycles. The number of benzene rings is 1. The monoisotopic (exact) mass is 367 g/mol. The Morgan fingerprint density at radius 2 is 1.86 bits per heavy atom. The second-order valence-electron chi connectivity index (χ2n) is 7.27. The highest BCUT2D eigenvalue weighted by atomic mass is 79.9. The van der Waals surface area contributed by atoms with E-state index in [2.05, 4.69) is 41.6 Å². The molecule has 0 bridgehead atoms. The van der Waals surface area contributed by atoms with Crippen molar-refractivity contribution in [3.05, 3.63) is 28.7 Å². The summed E-state index contributed by atoms with van der Waals surface area (Å²) in [6, 6.07) is 8.10. The van der Waals surface area contributed by atoms with Crippen molar-refractivity contribution in [1.29, 1.82) is 0 Å². The van der Waals surface area contributed by atoms with Gasteiger partial charge in [0, 0.05) is 15.2 Å². The molecular weight excluding hydrogens is 346 g/mol. The molecule has 0 aliphatic rings. The number of para-hydroxylation sites is 1. The highest BCUT2D eigenvalue weighted by Crippen LogP contribution is 2.26. The van der Waals surface area contributed by atoms with E-state index in [1.165, 1.54) is 0 Å². The third kappa shape index (κ3) is 3.40. The molecule has 0 radical (unpaired) electrons. The van der Waals surface area contributed by atoms with Crippen LogP contribution in [0, 0.1) is 0 Å². The van der Waals surface area contributed by atoms with Crippen LogP contribution in [0.15, 0.2) is 28.7 Å². The Balaban J connectivity index is 2.72. The lowest BCUT2D eigenvalue weighted by molar-refractivity contribution is 0.0549. The van der Waals surface area contributed by atoms with E-state index in [0.29, 0.717) is 0 Å². The number of rotatable bonds is 1. The number of hydrogen-bond acceptors (Lipinski definition) is 2. The van der Waals surface area contributed by atoms with Crippen molar-refractivity contribution in [3.63, 3.8) is 0 Å². The van der Waals surface area contributed by atoms with Crippen LogP contribution in [0.5, 0.6) is 0 Å². The average Bonchev–Trinajstić information content (AvgIpc) is 2.67. The van der Waals surface area contributed by atoms with Gasteiger partial charge in [-0.05, 0) is 48.8 Å². The molecule has 1 heterocycles. The molecule has 0 N–H and O–H groups in total. The maximum absolute atomic E-state index is 12.7. The first-order valence-electron chi connectivity index (χ1n) is 7.04. The van der Waals surface area contributed by atoms with Gasteiger partial charge in [0.1, 0.15) is 5.60 Å². The van der Waals surface area contributed by atoms with Gasteiger partial charge in [-0.1, -0.05) is 31.8 Å². The van der Waals surface area contributed by atoms with Gasteiger partial charge in [0.2, 0.25) is 0 Å². The smallest absolute Gasteiger partial charge is 0.418 e. The molecule has 2 rings (SSSR count). The van der Waals surface area contributed by atoms with Gasteiger partial charge in [-0.3, -0.25) is 4.57 Å². The topological polar surface area (TPSA) is 31.2 Å². The van der Waals surface area contributed by atoms with Gasteiger partial charge in [-0.2, -0.15) is 0 Å². The van der Waals surface area contributed by atoms with E-state index in [1.54, 1.807) is 4.57 Å². The van der Waals surface area contributed by atoms with Crippen LogP contribution in [0.25, 0.3) is 10.9 Å². The summed E-state index contributed by atoms with van der Waals surface area (Å²) < 4.78 is 8.27. The summed E-state index contributed by atoms with van der Waals surface area (Å²) >= 11 is 3.56. The third-order valence-corrected chi connectivity index (χ3v) is 5.66. The number of carbonyl (C=O) groups is 1. The Hall–Kier alpha value is -1.07. The van der Waals surface area contributed by atoms with Crippen LogP contribution in [-0.4, -0.2) is 24.3 Å². The maximum atomic E-state index is 12.7. The van der Waals surface area contributed by atoms with E-state index in [1.807, 2.05) is 39.0 Å². The molecule has 21 heavy (non-hydrogen) atoms. The molecule has 0 amide bonds. The number of halogens is 1. The first-order chi connectivity index (χ1) is 9.50. The fraction of sp³-hybridized carbons (Fsp3) is 0.438. The summed E-state index contributed by atoms with van der Waals surface area (Å²) in [7, 11) is -1.68. The van der Waals surface area contributed by atoms with Crippen LogP contribution in [0.4, 0.5) is 4.79 Å². The summed E-state index contributed by atoms with van der Waals surface area (Å²) in [5, 5.41) is 2.14. The van der Waals surface area contributed by atoms with Gasteiger partial charge in [0.15, 0.2) is 0 Å². The van der Waals surface area contributed by atoms with Crippen LogP contribution in [0.1, 0.15) is 20.8 Å². The minimum absolute atomic E-state index is 0.304. The molecule has 1 aromatic carbocycles. The van der Waals surface area contributed by atoms with Crippen molar-refractivity contribution in [2.45, 2.75) is 46.0 Å². The number of hydrogen-bond donors (Lipinski definition) is 0. The average molecular weight is 368 g/mol. The molecule has 0 atom stereocenters. The second-order valence-corrected chi connectivity index (χ2v) is 13.1. The van der Waals surface area contributed by atoms with Crippen LogP contribution < -0.4 is 5.32 Å². The quantitative estimate of drug-likeness (QED) is 0.682. The molecule has 1 aromatic heterocycles. The number of ether oxygens (including phenoxy) is 1. The summed E-state index contributed by atoms with van der Waals surface area (Å²) in [5.74, 6) is 0. The molecule has 3 nitrogen and oxygen atoms in total. The fourth-order valence-corrected chi connectivity index (χ4v) is 4.29. The number of carbonyl (C=O) groups excluding carboxylic acids is 1. The van der Waals surface area contributed by atoms with Gasteiger partial charge >= 0.3 is 6.09 Å². The Bertz CT molecular complexity index is 693. The second kappa shape index (κ2) is 5.28. The Kier molecular flexibility index (Phi) is 4.10. The van der Waals surface area contributed by atoms with Gasteiger partial charge in [-0.25, -0.2) is 4.79 Å². The summed E-state index contributed by atoms with van der Waals surface area (Å²) in [6.45, 7) is 12.4. The van der Waals surface area contributed by atoms with Gasteiger partial charge < -0.3 is 4.74 Å². The van der Waals surface area contributed by atoms with Crippen molar-refractivity contribution in [2.24, 2.45) is 0 Å². The lowest BCUT2D eigenvalue weighted by atomic mass is 10.2. The minimum atomic E-state index is -1.68. The largest absolute Gasteiger partial charge is 0.443 e. The van der Waals surface area contributed by atoms with Crippen molar-refractivity contribution >= 4 is 46.3 Å². The lowest BCUT2D eigenvalue weighted by Crippen LogP contribution is -2.45. The predicted molar refractivity (Wildman–Crippen MR) is 94.3 cm³/mol. The summed E-state index contributed by atoms with van der Waals surface area (Å²) in [4.78, 5) is 12.7. The molecule has 0 aliphatic heterocycles. The standard InChI is InChI=1S/C16H22BrNO2Si/c1-16(2,3)20-15(19)18-13(21(4,5)6)10-11-8-7-9-12(17)14(11)18/h7-10H,1-6H3. The minimum Gasteiger partial charge on any atom is -0.443 e. The van der Waals surface area contributed by atoms with E-state index in [0.717, 1.165) is 20.7 Å². The van der Waals surface area contributed by atoms with E-state index in [9.17, 15) is 4.79 Å². The molecule has 114 valence electrons. The van der Waals surface area contributed by atoms with Crippen LogP contribution in [-0.2, 0) is 4.74 Å². The number of fused-ring (bicyclic) bond motifs is 1. The molecule has 2 aromatic rings. The van der Waals surface area contributed by atoms with E-state index >= 15 is 0 Å². The normalized spacial score (nSPS) is 12.7. The van der Waals surface area contributed by atoms with Gasteiger partial charge in [-0.15, -0.1) is 0 Å². The van der Waals surface area contributed by atoms with Gasteiger partial charge in [0.25, 0.3) is 0 Å². The molecule has 0 unspecified atom stereocenters. The summed E-state index contributed by atoms with van der Waals surface area (Å²) in [5.41, 5.74) is 0.384. The van der Waals surface area contributed by atoms with Gasteiger partial charge in [0.05, 0.1) is 13.6 Å². The zero-order valence-corrected chi connectivity index (χ0v) is 16.0. The van der Waals surface area contributed by atoms with Crippen LogP contribution in [0.2, 0.25) is 19.6 Å². The fourth-order valence-electron chi connectivity index (χ4n) is 2.27. The Labute approximate surface area is 135 Å². The van der Waals surface area contributed by atoms with E-state index < -0.39 is 13.7 Å². The predicted octanol–water partition coefficient (Wildman–Crippen LogP) is 4.73.